The summed E-state index contributed by atoms with van der Waals surface area (Å²) in [7, 11) is 3.28. The zero-order valence-electron chi connectivity index (χ0n) is 8.99. The molecule has 0 saturated heterocycles. The van der Waals surface area contributed by atoms with E-state index in [1.165, 1.54) is 0 Å². The van der Waals surface area contributed by atoms with E-state index < -0.39 is 0 Å². The topological polar surface area (TPSA) is 66.1 Å². The first-order valence-electron chi connectivity index (χ1n) is 4.65. The number of aliphatic imine (C=N–C) groups is 1. The summed E-state index contributed by atoms with van der Waals surface area (Å²) in [5.74, 6) is 0.611. The van der Waals surface area contributed by atoms with Crippen molar-refractivity contribution in [3.8, 4) is 0 Å². The Hall–Kier alpha value is -0.650. The van der Waals surface area contributed by atoms with Crippen LogP contribution in [0, 0.1) is 0 Å². The van der Waals surface area contributed by atoms with Crippen molar-refractivity contribution in [2.75, 3.05) is 47.2 Å². The molecule has 14 heavy (non-hydrogen) atoms. The number of hydrogen-bond donors (Lipinski definition) is 1. The summed E-state index contributed by atoms with van der Waals surface area (Å²) in [6, 6.07) is 0. The maximum atomic E-state index is 5.61. The second-order valence-corrected chi connectivity index (χ2v) is 2.72. The largest absolute Gasteiger partial charge is 0.387 e. The fourth-order valence-electron chi connectivity index (χ4n) is 0.781. The van der Waals surface area contributed by atoms with E-state index in [-0.39, 0.29) is 0 Å². The molecule has 5 heteroatoms. The molecule has 0 rings (SSSR count). The fourth-order valence-corrected chi connectivity index (χ4v) is 0.781. The van der Waals surface area contributed by atoms with Gasteiger partial charge >= 0.3 is 0 Å². The number of hydrogen-bond acceptors (Lipinski definition) is 4. The van der Waals surface area contributed by atoms with Crippen LogP contribution in [0.5, 0.6) is 0 Å². The van der Waals surface area contributed by atoms with E-state index in [1.807, 2.05) is 0 Å². The third kappa shape index (κ3) is 9.44. The highest BCUT2D eigenvalue weighted by Gasteiger charge is 1.93. The van der Waals surface area contributed by atoms with Crippen LogP contribution in [-0.4, -0.2) is 53.0 Å². The minimum absolute atomic E-state index is 0.589. The Kier molecular flexibility index (Phi) is 9.95. The molecule has 0 saturated carbocycles. The maximum Gasteiger partial charge on any atom is 0.0961 e. The molecule has 0 unspecified atom stereocenters. The van der Waals surface area contributed by atoms with Crippen molar-refractivity contribution < 1.29 is 14.2 Å². The minimum atomic E-state index is 0.589. The van der Waals surface area contributed by atoms with Gasteiger partial charge in [-0.3, -0.25) is 4.99 Å². The maximum absolute atomic E-state index is 5.61. The smallest absolute Gasteiger partial charge is 0.0961 e. The van der Waals surface area contributed by atoms with Gasteiger partial charge in [0.1, 0.15) is 0 Å². The van der Waals surface area contributed by atoms with Crippen LogP contribution >= 0.6 is 0 Å². The molecule has 0 aliphatic heterocycles. The van der Waals surface area contributed by atoms with Crippen molar-refractivity contribution >= 4 is 5.84 Å². The van der Waals surface area contributed by atoms with Crippen molar-refractivity contribution in [2.45, 2.75) is 6.42 Å². The Morgan fingerprint density at radius 2 is 1.79 bits per heavy atom. The zero-order chi connectivity index (χ0) is 10.6. The molecular weight excluding hydrogens is 184 g/mol. The van der Waals surface area contributed by atoms with E-state index in [0.29, 0.717) is 45.2 Å². The van der Waals surface area contributed by atoms with E-state index in [1.54, 1.807) is 14.2 Å². The number of nitrogens with two attached hydrogens (primary N) is 1. The predicted octanol–water partition coefficient (Wildman–Crippen LogP) is 0.0431. The summed E-state index contributed by atoms with van der Waals surface area (Å²) in [5.41, 5.74) is 5.61. The van der Waals surface area contributed by atoms with Crippen molar-refractivity contribution in [3.05, 3.63) is 0 Å². The molecule has 0 aromatic heterocycles. The Labute approximate surface area is 85.2 Å². The molecule has 0 aliphatic carbocycles. The quantitative estimate of drug-likeness (QED) is 0.327. The lowest BCUT2D eigenvalue weighted by molar-refractivity contribution is 0.0742. The molecular formula is C9H20N2O3. The second-order valence-electron chi connectivity index (χ2n) is 2.72. The molecule has 0 amide bonds. The summed E-state index contributed by atoms with van der Waals surface area (Å²) in [6.07, 6.45) is 0.660. The van der Waals surface area contributed by atoms with Gasteiger partial charge in [-0.25, -0.2) is 0 Å². The standard InChI is InChI=1S/C9H20N2O3/c1-12-6-4-11-9(10)3-5-14-8-7-13-2/h3-8H2,1-2H3,(H2,10,11). The van der Waals surface area contributed by atoms with Crippen LogP contribution < -0.4 is 5.73 Å². The Morgan fingerprint density at radius 1 is 1.07 bits per heavy atom. The molecule has 84 valence electrons. The van der Waals surface area contributed by atoms with E-state index in [4.69, 9.17) is 19.9 Å². The third-order valence-electron chi connectivity index (χ3n) is 1.54. The molecule has 0 fully saturated rings. The van der Waals surface area contributed by atoms with Crippen molar-refractivity contribution in [1.29, 1.82) is 0 Å². The summed E-state index contributed by atoms with van der Waals surface area (Å²) in [4.78, 5) is 4.09. The second kappa shape index (κ2) is 10.4. The minimum Gasteiger partial charge on any atom is -0.387 e. The highest BCUT2D eigenvalue weighted by atomic mass is 16.5. The van der Waals surface area contributed by atoms with Crippen LogP contribution in [0.2, 0.25) is 0 Å². The molecule has 0 aliphatic rings. The van der Waals surface area contributed by atoms with Crippen molar-refractivity contribution in [2.24, 2.45) is 10.7 Å². The molecule has 0 spiro atoms. The van der Waals surface area contributed by atoms with Gasteiger partial charge in [0.25, 0.3) is 0 Å². The van der Waals surface area contributed by atoms with Gasteiger partial charge in [-0.15, -0.1) is 0 Å². The van der Waals surface area contributed by atoms with Gasteiger partial charge in [-0.1, -0.05) is 0 Å². The Bertz CT molecular complexity index is 151. The highest BCUT2D eigenvalue weighted by molar-refractivity contribution is 5.80. The number of methoxy groups -OCH3 is 2. The molecule has 0 heterocycles. The zero-order valence-corrected chi connectivity index (χ0v) is 8.99. The van der Waals surface area contributed by atoms with E-state index in [2.05, 4.69) is 4.99 Å². The Balaban J connectivity index is 3.25. The lowest BCUT2D eigenvalue weighted by atomic mass is 10.4. The van der Waals surface area contributed by atoms with Crippen LogP contribution in [-0.2, 0) is 14.2 Å². The first-order chi connectivity index (χ1) is 6.81. The van der Waals surface area contributed by atoms with Crippen molar-refractivity contribution in [1.82, 2.24) is 0 Å². The molecule has 0 atom stereocenters. The molecule has 0 aromatic rings. The third-order valence-corrected chi connectivity index (χ3v) is 1.54. The summed E-state index contributed by atoms with van der Waals surface area (Å²) in [5, 5.41) is 0. The van der Waals surface area contributed by atoms with Gasteiger partial charge in [0.2, 0.25) is 0 Å². The number of ether oxygens (including phenoxy) is 3. The van der Waals surface area contributed by atoms with Gasteiger partial charge in [0.05, 0.1) is 38.8 Å². The number of amidine groups is 1. The Morgan fingerprint density at radius 3 is 2.43 bits per heavy atom. The lowest BCUT2D eigenvalue weighted by Gasteiger charge is -2.03. The predicted molar refractivity (Wildman–Crippen MR) is 55.7 cm³/mol. The summed E-state index contributed by atoms with van der Waals surface area (Å²) >= 11 is 0. The summed E-state index contributed by atoms with van der Waals surface area (Å²) < 4.78 is 14.9. The molecule has 0 bridgehead atoms. The van der Waals surface area contributed by atoms with Gasteiger partial charge in [-0.2, -0.15) is 0 Å². The van der Waals surface area contributed by atoms with E-state index >= 15 is 0 Å². The van der Waals surface area contributed by atoms with E-state index in [9.17, 15) is 0 Å². The number of nitrogens with zero attached hydrogens (tertiary/aromatic N) is 1. The molecule has 2 N–H and O–H groups in total. The molecule has 5 nitrogen and oxygen atoms in total. The van der Waals surface area contributed by atoms with Gasteiger partial charge in [0, 0.05) is 20.6 Å². The normalized spacial score (nSPS) is 12.0. The van der Waals surface area contributed by atoms with Crippen LogP contribution in [0.4, 0.5) is 0 Å². The van der Waals surface area contributed by atoms with E-state index in [0.717, 1.165) is 0 Å². The number of rotatable bonds is 9. The summed E-state index contributed by atoms with van der Waals surface area (Å²) in [6.45, 7) is 3.01. The SMILES string of the molecule is COCCN=C(N)CCOCCOC. The van der Waals surface area contributed by atoms with Crippen LogP contribution in [0.15, 0.2) is 4.99 Å². The molecule has 0 aromatic carbocycles. The van der Waals surface area contributed by atoms with Crippen LogP contribution in [0.1, 0.15) is 6.42 Å². The van der Waals surface area contributed by atoms with Gasteiger partial charge < -0.3 is 19.9 Å². The van der Waals surface area contributed by atoms with Crippen LogP contribution in [0.25, 0.3) is 0 Å². The highest BCUT2D eigenvalue weighted by Crippen LogP contribution is 1.85. The lowest BCUT2D eigenvalue weighted by Crippen LogP contribution is -2.16. The first kappa shape index (κ1) is 13.4. The average Bonchev–Trinajstić information content (AvgIpc) is 2.18. The first-order valence-corrected chi connectivity index (χ1v) is 4.65. The van der Waals surface area contributed by atoms with Gasteiger partial charge in [-0.05, 0) is 0 Å². The van der Waals surface area contributed by atoms with Gasteiger partial charge in [0.15, 0.2) is 0 Å². The fraction of sp³-hybridized carbons (Fsp3) is 0.889. The van der Waals surface area contributed by atoms with Crippen LogP contribution in [0.3, 0.4) is 0 Å². The molecule has 0 radical (unpaired) electrons. The van der Waals surface area contributed by atoms with Crippen molar-refractivity contribution in [3.63, 3.8) is 0 Å². The monoisotopic (exact) mass is 204 g/mol. The average molecular weight is 204 g/mol.